The maximum Gasteiger partial charge on any atom is 0.236 e. The molecule has 1 amide bonds. The molecular formula is C13H18N4O. The standard InChI is InChI=1S/C13H18N4O/c1-15(2)13(18)10-16(3)8-11-9-17-7-5-4-6-12(17)14-11/h4-7,9H,8,10H2,1-3H3. The number of hydrogen-bond donors (Lipinski definition) is 0. The molecule has 18 heavy (non-hydrogen) atoms. The summed E-state index contributed by atoms with van der Waals surface area (Å²) in [5.74, 6) is 0.0984. The predicted octanol–water partition coefficient (Wildman–Crippen LogP) is 0.854. The lowest BCUT2D eigenvalue weighted by atomic mass is 10.4. The minimum atomic E-state index is 0.0984. The van der Waals surface area contributed by atoms with Crippen LogP contribution >= 0.6 is 0 Å². The molecule has 2 aromatic heterocycles. The molecule has 5 nitrogen and oxygen atoms in total. The number of fused-ring (bicyclic) bond motifs is 1. The highest BCUT2D eigenvalue weighted by molar-refractivity contribution is 5.77. The number of likely N-dealkylation sites (N-methyl/N-ethyl adjacent to an activating group) is 2. The van der Waals surface area contributed by atoms with Gasteiger partial charge in [-0.05, 0) is 19.2 Å². The van der Waals surface area contributed by atoms with E-state index in [9.17, 15) is 4.79 Å². The Morgan fingerprint density at radius 3 is 2.78 bits per heavy atom. The highest BCUT2D eigenvalue weighted by atomic mass is 16.2. The van der Waals surface area contributed by atoms with E-state index in [2.05, 4.69) is 4.98 Å². The predicted molar refractivity (Wildman–Crippen MR) is 70.2 cm³/mol. The summed E-state index contributed by atoms with van der Waals surface area (Å²) in [5.41, 5.74) is 1.90. The Hall–Kier alpha value is -1.88. The van der Waals surface area contributed by atoms with Gasteiger partial charge in [0.15, 0.2) is 0 Å². The van der Waals surface area contributed by atoms with Gasteiger partial charge in [0, 0.05) is 33.0 Å². The lowest BCUT2D eigenvalue weighted by molar-refractivity contribution is -0.129. The van der Waals surface area contributed by atoms with Crippen molar-refractivity contribution in [3.05, 3.63) is 36.3 Å². The van der Waals surface area contributed by atoms with Gasteiger partial charge in [-0.15, -0.1) is 0 Å². The molecule has 0 aliphatic carbocycles. The van der Waals surface area contributed by atoms with Crippen molar-refractivity contribution in [3.8, 4) is 0 Å². The van der Waals surface area contributed by atoms with Gasteiger partial charge in [-0.25, -0.2) is 4.98 Å². The van der Waals surface area contributed by atoms with Crippen LogP contribution in [0, 0.1) is 0 Å². The van der Waals surface area contributed by atoms with Gasteiger partial charge >= 0.3 is 0 Å². The smallest absolute Gasteiger partial charge is 0.236 e. The Balaban J connectivity index is 2.02. The molecule has 0 aliphatic heterocycles. The molecule has 0 saturated carbocycles. The third kappa shape index (κ3) is 2.87. The fraction of sp³-hybridized carbons (Fsp3) is 0.385. The topological polar surface area (TPSA) is 40.9 Å². The van der Waals surface area contributed by atoms with Crippen molar-refractivity contribution in [1.29, 1.82) is 0 Å². The monoisotopic (exact) mass is 246 g/mol. The van der Waals surface area contributed by atoms with E-state index in [1.165, 1.54) is 0 Å². The Morgan fingerprint density at radius 2 is 2.11 bits per heavy atom. The first-order valence-corrected chi connectivity index (χ1v) is 5.87. The lowest BCUT2D eigenvalue weighted by Gasteiger charge is -2.17. The van der Waals surface area contributed by atoms with E-state index in [1.54, 1.807) is 19.0 Å². The van der Waals surface area contributed by atoms with Gasteiger partial charge < -0.3 is 9.30 Å². The molecule has 0 radical (unpaired) electrons. The van der Waals surface area contributed by atoms with Crippen LogP contribution in [0.25, 0.3) is 5.65 Å². The number of aromatic nitrogens is 2. The van der Waals surface area contributed by atoms with Gasteiger partial charge in [-0.3, -0.25) is 9.69 Å². The molecule has 0 aromatic carbocycles. The number of carbonyl (C=O) groups is 1. The van der Waals surface area contributed by atoms with Gasteiger partial charge in [-0.1, -0.05) is 6.07 Å². The summed E-state index contributed by atoms with van der Waals surface area (Å²) in [6.45, 7) is 1.07. The third-order valence-electron chi connectivity index (χ3n) is 2.75. The van der Waals surface area contributed by atoms with Crippen molar-refractivity contribution in [2.45, 2.75) is 6.54 Å². The van der Waals surface area contributed by atoms with E-state index in [0.29, 0.717) is 13.1 Å². The van der Waals surface area contributed by atoms with Gasteiger partial charge in [0.25, 0.3) is 0 Å². The largest absolute Gasteiger partial charge is 0.348 e. The highest BCUT2D eigenvalue weighted by Crippen LogP contribution is 2.06. The molecule has 2 aromatic rings. The molecule has 2 heterocycles. The zero-order chi connectivity index (χ0) is 13.1. The van der Waals surface area contributed by atoms with Crippen LogP contribution in [0.15, 0.2) is 30.6 Å². The van der Waals surface area contributed by atoms with Crippen molar-refractivity contribution in [2.24, 2.45) is 0 Å². The van der Waals surface area contributed by atoms with E-state index in [1.807, 2.05) is 46.9 Å². The highest BCUT2D eigenvalue weighted by Gasteiger charge is 2.10. The van der Waals surface area contributed by atoms with Crippen molar-refractivity contribution in [3.63, 3.8) is 0 Å². The van der Waals surface area contributed by atoms with Gasteiger partial charge in [0.2, 0.25) is 5.91 Å². The minimum absolute atomic E-state index is 0.0984. The molecular weight excluding hydrogens is 228 g/mol. The zero-order valence-electron chi connectivity index (χ0n) is 11.0. The lowest BCUT2D eigenvalue weighted by Crippen LogP contribution is -2.34. The number of carbonyl (C=O) groups excluding carboxylic acids is 1. The normalized spacial score (nSPS) is 11.1. The third-order valence-corrected chi connectivity index (χ3v) is 2.75. The number of hydrogen-bond acceptors (Lipinski definition) is 3. The average Bonchev–Trinajstić information content (AvgIpc) is 2.70. The summed E-state index contributed by atoms with van der Waals surface area (Å²) in [6.07, 6.45) is 3.96. The van der Waals surface area contributed by atoms with Crippen LogP contribution in [0.4, 0.5) is 0 Å². The maximum absolute atomic E-state index is 11.6. The van der Waals surface area contributed by atoms with Crippen LogP contribution in [0.1, 0.15) is 5.69 Å². The number of imidazole rings is 1. The van der Waals surface area contributed by atoms with Crippen LogP contribution in [0.3, 0.4) is 0 Å². The van der Waals surface area contributed by atoms with E-state index >= 15 is 0 Å². The fourth-order valence-electron chi connectivity index (χ4n) is 1.77. The molecule has 2 rings (SSSR count). The summed E-state index contributed by atoms with van der Waals surface area (Å²) >= 11 is 0. The second-order valence-corrected chi connectivity index (χ2v) is 4.66. The quantitative estimate of drug-likeness (QED) is 0.803. The van der Waals surface area contributed by atoms with Crippen LogP contribution < -0.4 is 0 Å². The van der Waals surface area contributed by atoms with E-state index in [0.717, 1.165) is 11.3 Å². The van der Waals surface area contributed by atoms with E-state index < -0.39 is 0 Å². The Kier molecular flexibility index (Phi) is 3.62. The molecule has 96 valence electrons. The molecule has 0 spiro atoms. The molecule has 5 heteroatoms. The Morgan fingerprint density at radius 1 is 1.33 bits per heavy atom. The minimum Gasteiger partial charge on any atom is -0.348 e. The van der Waals surface area contributed by atoms with Crippen LogP contribution in [0.2, 0.25) is 0 Å². The fourth-order valence-corrected chi connectivity index (χ4v) is 1.77. The number of rotatable bonds is 4. The summed E-state index contributed by atoms with van der Waals surface area (Å²) in [7, 11) is 5.45. The Labute approximate surface area is 107 Å². The van der Waals surface area contributed by atoms with Gasteiger partial charge in [0.05, 0.1) is 12.2 Å². The molecule has 0 unspecified atom stereocenters. The zero-order valence-corrected chi connectivity index (χ0v) is 11.0. The molecule has 0 bridgehead atoms. The van der Waals surface area contributed by atoms with Gasteiger partial charge in [0.1, 0.15) is 5.65 Å². The van der Waals surface area contributed by atoms with Crippen molar-refractivity contribution >= 4 is 11.6 Å². The molecule has 0 N–H and O–H groups in total. The number of nitrogens with zero attached hydrogens (tertiary/aromatic N) is 4. The number of amides is 1. The van der Waals surface area contributed by atoms with E-state index in [4.69, 9.17) is 0 Å². The van der Waals surface area contributed by atoms with Crippen molar-refractivity contribution < 1.29 is 4.79 Å². The number of pyridine rings is 1. The van der Waals surface area contributed by atoms with Crippen molar-refractivity contribution in [1.82, 2.24) is 19.2 Å². The maximum atomic E-state index is 11.6. The summed E-state index contributed by atoms with van der Waals surface area (Å²) in [4.78, 5) is 19.6. The SMILES string of the molecule is CN(CC(=O)N(C)C)Cc1cn2ccccc2n1. The molecule has 0 saturated heterocycles. The first kappa shape index (κ1) is 12.6. The molecule has 0 atom stereocenters. The summed E-state index contributed by atoms with van der Waals surface area (Å²) in [5, 5.41) is 0. The second kappa shape index (κ2) is 5.18. The molecule has 0 fully saturated rings. The first-order valence-electron chi connectivity index (χ1n) is 5.87. The summed E-state index contributed by atoms with van der Waals surface area (Å²) < 4.78 is 1.98. The van der Waals surface area contributed by atoms with E-state index in [-0.39, 0.29) is 5.91 Å². The Bertz CT molecular complexity index is 514. The van der Waals surface area contributed by atoms with Crippen LogP contribution in [-0.2, 0) is 11.3 Å². The van der Waals surface area contributed by atoms with Crippen LogP contribution in [-0.4, -0.2) is 52.8 Å². The van der Waals surface area contributed by atoms with Gasteiger partial charge in [-0.2, -0.15) is 0 Å². The van der Waals surface area contributed by atoms with Crippen molar-refractivity contribution in [2.75, 3.05) is 27.7 Å². The first-order chi connectivity index (χ1) is 8.56. The molecule has 0 aliphatic rings. The second-order valence-electron chi connectivity index (χ2n) is 4.66. The van der Waals surface area contributed by atoms with Crippen LogP contribution in [0.5, 0.6) is 0 Å². The average molecular weight is 246 g/mol. The summed E-state index contributed by atoms with van der Waals surface area (Å²) in [6, 6.07) is 5.90.